The van der Waals surface area contributed by atoms with Crippen molar-refractivity contribution in [1.29, 1.82) is 0 Å². The minimum atomic E-state index is -0.105. The predicted octanol–water partition coefficient (Wildman–Crippen LogP) is 1.46. The zero-order valence-corrected chi connectivity index (χ0v) is 9.31. The van der Waals surface area contributed by atoms with Crippen molar-refractivity contribution in [2.45, 2.75) is 39.2 Å². The lowest BCUT2D eigenvalue weighted by atomic mass is 10.2. The zero-order valence-electron chi connectivity index (χ0n) is 9.31. The van der Waals surface area contributed by atoms with Crippen LogP contribution in [0.5, 0.6) is 0 Å². The van der Waals surface area contributed by atoms with Gasteiger partial charge >= 0.3 is 0 Å². The lowest BCUT2D eigenvalue weighted by Crippen LogP contribution is -2.42. The molecule has 0 bridgehead atoms. The van der Waals surface area contributed by atoms with E-state index >= 15 is 0 Å². The molecule has 0 saturated carbocycles. The first kappa shape index (κ1) is 13.2. The highest BCUT2D eigenvalue weighted by Gasteiger charge is 2.09. The lowest BCUT2D eigenvalue weighted by molar-refractivity contribution is -0.122. The molecule has 0 aromatic carbocycles. The van der Waals surface area contributed by atoms with Gasteiger partial charge in [-0.25, -0.2) is 0 Å². The minimum Gasteiger partial charge on any atom is -0.355 e. The molecule has 2 N–H and O–H groups in total. The summed E-state index contributed by atoms with van der Waals surface area (Å²) >= 11 is 0. The van der Waals surface area contributed by atoms with Crippen LogP contribution < -0.4 is 10.6 Å². The van der Waals surface area contributed by atoms with E-state index in [0.29, 0.717) is 0 Å². The summed E-state index contributed by atoms with van der Waals surface area (Å²) in [6.45, 7) is 9.20. The van der Waals surface area contributed by atoms with Gasteiger partial charge in [0.15, 0.2) is 0 Å². The molecule has 0 saturated heterocycles. The highest BCUT2D eigenvalue weighted by Crippen LogP contribution is 1.87. The van der Waals surface area contributed by atoms with E-state index in [1.165, 1.54) is 0 Å². The predicted molar refractivity (Wildman–Crippen MR) is 60.2 cm³/mol. The topological polar surface area (TPSA) is 41.1 Å². The van der Waals surface area contributed by atoms with Gasteiger partial charge in [0.1, 0.15) is 0 Å². The van der Waals surface area contributed by atoms with Crippen LogP contribution in [-0.2, 0) is 4.79 Å². The Labute approximate surface area is 87.0 Å². The van der Waals surface area contributed by atoms with Crippen molar-refractivity contribution >= 4 is 5.91 Å². The Balaban J connectivity index is 3.49. The van der Waals surface area contributed by atoms with E-state index in [1.807, 2.05) is 13.0 Å². The second-order valence-electron chi connectivity index (χ2n) is 3.40. The molecule has 0 aliphatic carbocycles. The Hall–Kier alpha value is -0.830. The van der Waals surface area contributed by atoms with Crippen LogP contribution in [0.2, 0.25) is 0 Å². The van der Waals surface area contributed by atoms with E-state index in [2.05, 4.69) is 24.1 Å². The van der Waals surface area contributed by atoms with Gasteiger partial charge in [0, 0.05) is 6.54 Å². The van der Waals surface area contributed by atoms with Crippen LogP contribution in [0, 0.1) is 0 Å². The number of hydrogen-bond donors (Lipinski definition) is 2. The van der Waals surface area contributed by atoms with E-state index in [0.717, 1.165) is 32.4 Å². The van der Waals surface area contributed by atoms with Gasteiger partial charge in [0.25, 0.3) is 0 Å². The number of amides is 1. The van der Waals surface area contributed by atoms with Crippen molar-refractivity contribution in [3.05, 3.63) is 12.7 Å². The summed E-state index contributed by atoms with van der Waals surface area (Å²) in [5.74, 6) is 0.0857. The monoisotopic (exact) mass is 198 g/mol. The molecule has 14 heavy (non-hydrogen) atoms. The largest absolute Gasteiger partial charge is 0.355 e. The highest BCUT2D eigenvalue weighted by molar-refractivity contribution is 5.81. The smallest absolute Gasteiger partial charge is 0.236 e. The van der Waals surface area contributed by atoms with Crippen LogP contribution in [0.15, 0.2) is 12.7 Å². The zero-order chi connectivity index (χ0) is 10.8. The minimum absolute atomic E-state index is 0.0857. The molecule has 3 heteroatoms. The summed E-state index contributed by atoms with van der Waals surface area (Å²) in [6.07, 6.45) is 4.89. The first-order chi connectivity index (χ1) is 6.72. The maximum Gasteiger partial charge on any atom is 0.236 e. The molecule has 0 radical (unpaired) electrons. The summed E-state index contributed by atoms with van der Waals surface area (Å²) in [4.78, 5) is 11.4. The molecule has 1 unspecified atom stereocenters. The fourth-order valence-electron chi connectivity index (χ4n) is 1.04. The molecular formula is C11H22N2O. The fraction of sp³-hybridized carbons (Fsp3) is 0.727. The summed E-state index contributed by atoms with van der Waals surface area (Å²) < 4.78 is 0. The van der Waals surface area contributed by atoms with Crippen LogP contribution in [0.3, 0.4) is 0 Å². The van der Waals surface area contributed by atoms with Gasteiger partial charge in [-0.15, -0.1) is 6.58 Å². The lowest BCUT2D eigenvalue weighted by Gasteiger charge is -2.12. The number of unbranched alkanes of at least 4 members (excludes halogenated alkanes) is 1. The fourth-order valence-corrected chi connectivity index (χ4v) is 1.04. The number of nitrogens with one attached hydrogen (secondary N) is 2. The van der Waals surface area contributed by atoms with Crippen molar-refractivity contribution in [3.8, 4) is 0 Å². The molecule has 0 rings (SSSR count). The summed E-state index contributed by atoms with van der Waals surface area (Å²) in [7, 11) is 0. The van der Waals surface area contributed by atoms with Crippen LogP contribution in [0.1, 0.15) is 33.1 Å². The second-order valence-corrected chi connectivity index (χ2v) is 3.40. The Morgan fingerprint density at radius 2 is 2.21 bits per heavy atom. The van der Waals surface area contributed by atoms with Gasteiger partial charge in [0.2, 0.25) is 5.91 Å². The molecule has 1 atom stereocenters. The number of carbonyl (C=O) groups excluding carboxylic acids is 1. The van der Waals surface area contributed by atoms with Gasteiger partial charge < -0.3 is 10.6 Å². The Morgan fingerprint density at radius 3 is 2.79 bits per heavy atom. The van der Waals surface area contributed by atoms with Gasteiger partial charge in [-0.1, -0.05) is 19.4 Å². The summed E-state index contributed by atoms with van der Waals surface area (Å²) in [5.41, 5.74) is 0. The maximum atomic E-state index is 11.4. The van der Waals surface area contributed by atoms with Gasteiger partial charge in [-0.2, -0.15) is 0 Å². The highest BCUT2D eigenvalue weighted by atomic mass is 16.2. The van der Waals surface area contributed by atoms with Crippen molar-refractivity contribution in [1.82, 2.24) is 10.6 Å². The average Bonchev–Trinajstić information content (AvgIpc) is 2.18. The molecule has 0 aliphatic heterocycles. The van der Waals surface area contributed by atoms with Crippen LogP contribution in [0.4, 0.5) is 0 Å². The Morgan fingerprint density at radius 1 is 1.50 bits per heavy atom. The SMILES string of the molecule is C=CCCNC(C)C(=O)NCCCC. The van der Waals surface area contributed by atoms with Crippen molar-refractivity contribution in [3.63, 3.8) is 0 Å². The van der Waals surface area contributed by atoms with Gasteiger partial charge in [0.05, 0.1) is 6.04 Å². The molecule has 0 aromatic rings. The Bertz CT molecular complexity index is 169. The average molecular weight is 198 g/mol. The van der Waals surface area contributed by atoms with Crippen molar-refractivity contribution in [2.75, 3.05) is 13.1 Å². The van der Waals surface area contributed by atoms with Crippen molar-refractivity contribution in [2.24, 2.45) is 0 Å². The van der Waals surface area contributed by atoms with E-state index < -0.39 is 0 Å². The third-order valence-electron chi connectivity index (χ3n) is 2.02. The third kappa shape index (κ3) is 6.66. The second kappa shape index (κ2) is 8.75. The maximum absolute atomic E-state index is 11.4. The molecular weight excluding hydrogens is 176 g/mol. The molecule has 3 nitrogen and oxygen atoms in total. The molecule has 82 valence electrons. The molecule has 0 aliphatic rings. The van der Waals surface area contributed by atoms with Crippen LogP contribution >= 0.6 is 0 Å². The van der Waals surface area contributed by atoms with Gasteiger partial charge in [-0.05, 0) is 26.3 Å². The summed E-state index contributed by atoms with van der Waals surface area (Å²) in [6, 6.07) is -0.105. The van der Waals surface area contributed by atoms with Crippen molar-refractivity contribution < 1.29 is 4.79 Å². The standard InChI is InChI=1S/C11H22N2O/c1-4-6-8-12-10(3)11(14)13-9-7-5-2/h4,10,12H,1,5-9H2,2-3H3,(H,13,14). The molecule has 0 fully saturated rings. The number of rotatable bonds is 8. The quantitative estimate of drug-likeness (QED) is 0.458. The first-order valence-corrected chi connectivity index (χ1v) is 5.34. The molecule has 1 amide bonds. The van der Waals surface area contributed by atoms with Gasteiger partial charge in [-0.3, -0.25) is 4.79 Å². The molecule has 0 spiro atoms. The normalized spacial score (nSPS) is 12.1. The number of hydrogen-bond acceptors (Lipinski definition) is 2. The van der Waals surface area contributed by atoms with Crippen LogP contribution in [0.25, 0.3) is 0 Å². The molecule has 0 heterocycles. The van der Waals surface area contributed by atoms with E-state index in [1.54, 1.807) is 0 Å². The Kier molecular flexibility index (Phi) is 8.24. The third-order valence-corrected chi connectivity index (χ3v) is 2.02. The van der Waals surface area contributed by atoms with E-state index in [4.69, 9.17) is 0 Å². The van der Waals surface area contributed by atoms with Crippen LogP contribution in [-0.4, -0.2) is 25.0 Å². The number of carbonyl (C=O) groups is 1. The van der Waals surface area contributed by atoms with E-state index in [-0.39, 0.29) is 11.9 Å². The summed E-state index contributed by atoms with van der Waals surface area (Å²) in [5, 5.41) is 6.01. The molecule has 0 aromatic heterocycles. The first-order valence-electron chi connectivity index (χ1n) is 5.34. The van der Waals surface area contributed by atoms with E-state index in [9.17, 15) is 4.79 Å².